The Hall–Kier alpha value is 0.390. The van der Waals surface area contributed by atoms with Gasteiger partial charge in [0.05, 0.1) is 3.92 Å². The summed E-state index contributed by atoms with van der Waals surface area (Å²) in [4.78, 5) is 0. The van der Waals surface area contributed by atoms with Crippen LogP contribution in [0.3, 0.4) is 0 Å². The van der Waals surface area contributed by atoms with E-state index in [0.29, 0.717) is 11.8 Å². The zero-order valence-electron chi connectivity index (χ0n) is 6.73. The predicted molar refractivity (Wildman–Crippen MR) is 54.9 cm³/mol. The van der Waals surface area contributed by atoms with Crippen LogP contribution in [-0.4, -0.2) is 20.4 Å². The molecule has 4 atom stereocenters. The highest BCUT2D eigenvalue weighted by atomic mass is 127. The smallest absolute Gasteiger partial charge is 0.163 e. The fraction of sp³-hybridized carbons (Fsp3) is 0.778. The Bertz CT molecular complexity index is 203. The van der Waals surface area contributed by atoms with Crippen LogP contribution in [0.15, 0.2) is 12.2 Å². The van der Waals surface area contributed by atoms with Crippen LogP contribution >= 0.6 is 22.6 Å². The number of aliphatic hydroxyl groups is 2. The van der Waals surface area contributed by atoms with Gasteiger partial charge in [0.15, 0.2) is 6.29 Å². The van der Waals surface area contributed by atoms with Gasteiger partial charge in [0, 0.05) is 0 Å². The lowest BCUT2D eigenvalue weighted by Gasteiger charge is -2.24. The van der Waals surface area contributed by atoms with Gasteiger partial charge < -0.3 is 10.2 Å². The largest absolute Gasteiger partial charge is 0.367 e. The number of allylic oxidation sites excluding steroid dienone is 2. The summed E-state index contributed by atoms with van der Waals surface area (Å²) in [5.74, 6) is 1.82. The van der Waals surface area contributed by atoms with Crippen molar-refractivity contribution in [3.63, 3.8) is 0 Å². The molecule has 2 rings (SSSR count). The van der Waals surface area contributed by atoms with E-state index >= 15 is 0 Å². The van der Waals surface area contributed by atoms with Crippen LogP contribution in [-0.2, 0) is 0 Å². The van der Waals surface area contributed by atoms with Crippen molar-refractivity contribution in [3.8, 4) is 0 Å². The Labute approximate surface area is 85.8 Å². The summed E-state index contributed by atoms with van der Waals surface area (Å²) in [6.45, 7) is 0. The van der Waals surface area contributed by atoms with E-state index in [0.717, 1.165) is 12.3 Å². The third-order valence-corrected chi connectivity index (χ3v) is 4.59. The lowest BCUT2D eigenvalue weighted by molar-refractivity contribution is -0.0480. The zero-order chi connectivity index (χ0) is 8.72. The Morgan fingerprint density at radius 3 is 2.42 bits per heavy atom. The molecular weight excluding hydrogens is 267 g/mol. The monoisotopic (exact) mass is 280 g/mol. The molecule has 0 radical (unpaired) electrons. The number of hydrogen-bond donors (Lipinski definition) is 2. The molecule has 1 saturated carbocycles. The first-order chi connectivity index (χ1) is 5.68. The summed E-state index contributed by atoms with van der Waals surface area (Å²) in [6.07, 6.45) is 5.74. The first-order valence-electron chi connectivity index (χ1n) is 4.37. The molecule has 2 aliphatic carbocycles. The van der Waals surface area contributed by atoms with Gasteiger partial charge in [-0.3, -0.25) is 0 Å². The highest BCUT2D eigenvalue weighted by Crippen LogP contribution is 2.47. The van der Waals surface area contributed by atoms with Crippen molar-refractivity contribution in [3.05, 3.63) is 12.2 Å². The standard InChI is InChI=1S/C9H13IO2/c10-8(9(11)12)7-4-5-1-2-6(7)3-5/h1-2,5-9,11-12H,3-4H2. The molecule has 0 heterocycles. The maximum atomic E-state index is 9.03. The number of rotatable bonds is 2. The van der Waals surface area contributed by atoms with Gasteiger partial charge >= 0.3 is 0 Å². The second-order valence-corrected chi connectivity index (χ2v) is 5.24. The number of hydrogen-bond acceptors (Lipinski definition) is 2. The highest BCUT2D eigenvalue weighted by Gasteiger charge is 2.40. The van der Waals surface area contributed by atoms with Gasteiger partial charge in [0.2, 0.25) is 0 Å². The average molecular weight is 280 g/mol. The Morgan fingerprint density at radius 2 is 2.00 bits per heavy atom. The molecule has 0 aromatic rings. The van der Waals surface area contributed by atoms with Crippen LogP contribution in [0.2, 0.25) is 0 Å². The Kier molecular flexibility index (Phi) is 2.44. The molecule has 2 nitrogen and oxygen atoms in total. The summed E-state index contributed by atoms with van der Waals surface area (Å²) in [7, 11) is 0. The van der Waals surface area contributed by atoms with Gasteiger partial charge in [0.1, 0.15) is 0 Å². The molecule has 3 heteroatoms. The third-order valence-electron chi connectivity index (χ3n) is 3.02. The second-order valence-electron chi connectivity index (χ2n) is 3.80. The van der Waals surface area contributed by atoms with Gasteiger partial charge in [-0.15, -0.1) is 0 Å². The summed E-state index contributed by atoms with van der Waals surface area (Å²) >= 11 is 2.16. The fourth-order valence-electron chi connectivity index (χ4n) is 2.41. The normalized spacial score (nSPS) is 41.2. The van der Waals surface area contributed by atoms with E-state index in [9.17, 15) is 0 Å². The molecule has 0 spiro atoms. The number of fused-ring (bicyclic) bond motifs is 2. The molecule has 12 heavy (non-hydrogen) atoms. The average Bonchev–Trinajstić information content (AvgIpc) is 2.62. The minimum Gasteiger partial charge on any atom is -0.367 e. The number of aliphatic hydroxyl groups excluding tert-OH is 1. The van der Waals surface area contributed by atoms with Crippen LogP contribution in [0.1, 0.15) is 12.8 Å². The highest BCUT2D eigenvalue weighted by molar-refractivity contribution is 14.1. The SMILES string of the molecule is OC(O)C(I)C1CC2C=CC1C2. The third kappa shape index (κ3) is 1.42. The molecule has 0 aliphatic heterocycles. The Morgan fingerprint density at radius 1 is 1.25 bits per heavy atom. The van der Waals surface area contributed by atoms with Crippen molar-refractivity contribution in [2.24, 2.45) is 17.8 Å². The van der Waals surface area contributed by atoms with E-state index in [1.165, 1.54) is 6.42 Å². The van der Waals surface area contributed by atoms with E-state index < -0.39 is 6.29 Å². The van der Waals surface area contributed by atoms with Gasteiger partial charge in [-0.05, 0) is 30.6 Å². The number of halogens is 1. The maximum absolute atomic E-state index is 9.03. The van der Waals surface area contributed by atoms with Gasteiger partial charge in [-0.1, -0.05) is 34.7 Å². The summed E-state index contributed by atoms with van der Waals surface area (Å²) in [5.41, 5.74) is 0. The first kappa shape index (κ1) is 8.97. The summed E-state index contributed by atoms with van der Waals surface area (Å²) in [6, 6.07) is 0. The molecule has 1 fully saturated rings. The number of alkyl halides is 1. The predicted octanol–water partition coefficient (Wildman–Crippen LogP) is 1.31. The van der Waals surface area contributed by atoms with Crippen LogP contribution in [0.25, 0.3) is 0 Å². The molecule has 4 unspecified atom stereocenters. The molecule has 0 aromatic carbocycles. The van der Waals surface area contributed by atoms with E-state index in [-0.39, 0.29) is 3.92 Å². The van der Waals surface area contributed by atoms with Crippen LogP contribution < -0.4 is 0 Å². The van der Waals surface area contributed by atoms with Crippen molar-refractivity contribution < 1.29 is 10.2 Å². The first-order valence-corrected chi connectivity index (χ1v) is 5.61. The van der Waals surface area contributed by atoms with Gasteiger partial charge in [-0.2, -0.15) is 0 Å². The maximum Gasteiger partial charge on any atom is 0.163 e. The lowest BCUT2D eigenvalue weighted by atomic mass is 9.90. The molecule has 0 saturated heterocycles. The van der Waals surface area contributed by atoms with Crippen LogP contribution in [0, 0.1) is 17.8 Å². The molecular formula is C9H13IO2. The second kappa shape index (κ2) is 3.27. The van der Waals surface area contributed by atoms with Crippen LogP contribution in [0.5, 0.6) is 0 Å². The van der Waals surface area contributed by atoms with Crippen molar-refractivity contribution in [1.82, 2.24) is 0 Å². The van der Waals surface area contributed by atoms with Crippen molar-refractivity contribution in [2.75, 3.05) is 0 Å². The molecule has 68 valence electrons. The fourth-order valence-corrected chi connectivity index (χ4v) is 3.24. The van der Waals surface area contributed by atoms with Crippen molar-refractivity contribution in [1.29, 1.82) is 0 Å². The van der Waals surface area contributed by atoms with E-state index in [2.05, 4.69) is 34.7 Å². The lowest BCUT2D eigenvalue weighted by Crippen LogP contribution is -2.30. The van der Waals surface area contributed by atoms with E-state index in [4.69, 9.17) is 10.2 Å². The molecule has 2 aliphatic rings. The molecule has 0 amide bonds. The topological polar surface area (TPSA) is 40.5 Å². The minimum absolute atomic E-state index is 0.00236. The van der Waals surface area contributed by atoms with E-state index in [1.54, 1.807) is 0 Å². The summed E-state index contributed by atoms with van der Waals surface area (Å²) < 4.78 is 0.00236. The van der Waals surface area contributed by atoms with Gasteiger partial charge in [0.25, 0.3) is 0 Å². The van der Waals surface area contributed by atoms with Crippen molar-refractivity contribution in [2.45, 2.75) is 23.1 Å². The minimum atomic E-state index is -1.15. The van der Waals surface area contributed by atoms with Crippen molar-refractivity contribution >= 4 is 22.6 Å². The summed E-state index contributed by atoms with van der Waals surface area (Å²) in [5, 5.41) is 18.1. The quantitative estimate of drug-likeness (QED) is 0.346. The molecule has 2 N–H and O–H groups in total. The zero-order valence-corrected chi connectivity index (χ0v) is 8.89. The van der Waals surface area contributed by atoms with Crippen LogP contribution in [0.4, 0.5) is 0 Å². The Balaban J connectivity index is 2.03. The van der Waals surface area contributed by atoms with Gasteiger partial charge in [-0.25, -0.2) is 0 Å². The molecule has 2 bridgehead atoms. The molecule has 0 aromatic heterocycles. The van der Waals surface area contributed by atoms with E-state index in [1.807, 2.05) is 0 Å².